The van der Waals surface area contributed by atoms with Gasteiger partial charge in [-0.1, -0.05) is 6.07 Å². The Morgan fingerprint density at radius 1 is 1.44 bits per heavy atom. The number of fused-ring (bicyclic) bond motifs is 1. The molecule has 2 saturated heterocycles. The zero-order valence-electron chi connectivity index (χ0n) is 14.3. The maximum Gasteiger partial charge on any atom is 0.120 e. The molecule has 0 aliphatic carbocycles. The highest BCUT2D eigenvalue weighted by Gasteiger charge is 2.44. The molecule has 0 spiro atoms. The molecule has 3 heterocycles. The quantitative estimate of drug-likeness (QED) is 0.904. The molecule has 2 aliphatic rings. The number of imidazole rings is 1. The van der Waals surface area contributed by atoms with E-state index in [9.17, 15) is 0 Å². The van der Waals surface area contributed by atoms with E-state index in [1.807, 2.05) is 25.3 Å². The number of aryl methyl sites for hydroxylation is 1. The molecule has 2 aromatic rings. The number of hydrogen-bond acceptors (Lipinski definition) is 5. The number of aromatic nitrogens is 2. The molecule has 2 fully saturated rings. The van der Waals surface area contributed by atoms with Crippen molar-refractivity contribution in [3.8, 4) is 11.8 Å². The second-order valence-corrected chi connectivity index (χ2v) is 6.93. The Kier molecular flexibility index (Phi) is 4.43. The van der Waals surface area contributed by atoms with E-state index in [0.717, 1.165) is 43.5 Å². The van der Waals surface area contributed by atoms with Gasteiger partial charge in [0.2, 0.25) is 0 Å². The predicted octanol–water partition coefficient (Wildman–Crippen LogP) is 2.12. The van der Waals surface area contributed by atoms with Gasteiger partial charge in [-0.05, 0) is 25.1 Å². The third kappa shape index (κ3) is 3.53. The molecule has 1 aromatic carbocycles. The molecular weight excluding hydrogens is 316 g/mol. The van der Waals surface area contributed by atoms with Gasteiger partial charge in [-0.25, -0.2) is 4.98 Å². The second kappa shape index (κ2) is 6.87. The molecule has 1 N–H and O–H groups in total. The van der Waals surface area contributed by atoms with Crippen LogP contribution in [0.2, 0.25) is 0 Å². The van der Waals surface area contributed by atoms with E-state index in [0.29, 0.717) is 30.1 Å². The van der Waals surface area contributed by atoms with E-state index in [1.165, 1.54) is 0 Å². The van der Waals surface area contributed by atoms with E-state index in [4.69, 9.17) is 14.7 Å². The Labute approximate surface area is 147 Å². The van der Waals surface area contributed by atoms with Gasteiger partial charge in [0.05, 0.1) is 31.0 Å². The number of nitrogens with zero attached hydrogens (tertiary/aromatic N) is 3. The summed E-state index contributed by atoms with van der Waals surface area (Å²) >= 11 is 0. The Balaban J connectivity index is 1.33. The second-order valence-electron chi connectivity index (χ2n) is 6.93. The zero-order valence-corrected chi connectivity index (χ0v) is 14.3. The number of rotatable bonds is 5. The van der Waals surface area contributed by atoms with Crippen molar-refractivity contribution in [2.24, 2.45) is 11.8 Å². The van der Waals surface area contributed by atoms with Crippen LogP contribution in [0.4, 0.5) is 0 Å². The van der Waals surface area contributed by atoms with Gasteiger partial charge >= 0.3 is 0 Å². The largest absolute Gasteiger partial charge is 0.493 e. The van der Waals surface area contributed by atoms with Crippen LogP contribution in [0.5, 0.6) is 5.75 Å². The Hall–Kier alpha value is -2.36. The first kappa shape index (κ1) is 16.1. The molecule has 2 aliphatic heterocycles. The summed E-state index contributed by atoms with van der Waals surface area (Å²) in [4.78, 5) is 9.98. The third-order valence-corrected chi connectivity index (χ3v) is 5.09. The van der Waals surface area contributed by atoms with Gasteiger partial charge in [-0.15, -0.1) is 0 Å². The van der Waals surface area contributed by atoms with Crippen LogP contribution in [0.25, 0.3) is 0 Å². The number of aromatic amines is 1. The average molecular weight is 338 g/mol. The van der Waals surface area contributed by atoms with E-state index in [-0.39, 0.29) is 0 Å². The zero-order chi connectivity index (χ0) is 17.2. The molecule has 6 nitrogen and oxygen atoms in total. The normalized spacial score (nSPS) is 25.7. The Morgan fingerprint density at radius 2 is 2.36 bits per heavy atom. The molecule has 1 aromatic heterocycles. The third-order valence-electron chi connectivity index (χ3n) is 5.09. The van der Waals surface area contributed by atoms with Crippen LogP contribution in [0.3, 0.4) is 0 Å². The molecule has 0 amide bonds. The highest BCUT2D eigenvalue weighted by atomic mass is 16.5. The van der Waals surface area contributed by atoms with Crippen molar-refractivity contribution in [1.82, 2.24) is 14.9 Å². The van der Waals surface area contributed by atoms with Crippen molar-refractivity contribution < 1.29 is 9.47 Å². The highest BCUT2D eigenvalue weighted by molar-refractivity contribution is 5.36. The van der Waals surface area contributed by atoms with Gasteiger partial charge in [0.25, 0.3) is 0 Å². The van der Waals surface area contributed by atoms with Gasteiger partial charge < -0.3 is 14.5 Å². The molecule has 3 atom stereocenters. The minimum atomic E-state index is 0.295. The fraction of sp³-hybridized carbons (Fsp3) is 0.474. The standard InChI is InChI=1S/C19H22N4O2/c1-13-21-7-16(22-13)8-23-9-18-15(12-25-19(18)10-23)11-24-17-4-2-3-14(5-17)6-20/h2-5,7,15,18-19H,8-12H2,1H3,(H,21,22)/t15-,18+,19+/m0/s1. The number of likely N-dealkylation sites (tertiary alicyclic amines) is 1. The number of ether oxygens (including phenoxy) is 2. The molecule has 0 radical (unpaired) electrons. The summed E-state index contributed by atoms with van der Waals surface area (Å²) in [5, 5.41) is 8.98. The summed E-state index contributed by atoms with van der Waals surface area (Å²) in [5.41, 5.74) is 1.78. The highest BCUT2D eigenvalue weighted by Crippen LogP contribution is 2.34. The summed E-state index contributed by atoms with van der Waals surface area (Å²) in [6.45, 7) is 6.23. The first-order valence-corrected chi connectivity index (χ1v) is 8.68. The van der Waals surface area contributed by atoms with Gasteiger partial charge in [-0.3, -0.25) is 4.90 Å². The molecular formula is C19H22N4O2. The molecule has 4 rings (SSSR count). The van der Waals surface area contributed by atoms with Crippen molar-refractivity contribution in [2.75, 3.05) is 26.3 Å². The first-order valence-electron chi connectivity index (χ1n) is 8.68. The van der Waals surface area contributed by atoms with Crippen LogP contribution in [-0.4, -0.2) is 47.3 Å². The number of nitrogens with one attached hydrogen (secondary N) is 1. The Bertz CT molecular complexity index is 782. The maximum absolute atomic E-state index is 8.98. The van der Waals surface area contributed by atoms with Crippen LogP contribution in [0, 0.1) is 30.1 Å². The topological polar surface area (TPSA) is 74.2 Å². The first-order chi connectivity index (χ1) is 12.2. The van der Waals surface area contributed by atoms with Crippen molar-refractivity contribution in [3.05, 3.63) is 47.5 Å². The summed E-state index contributed by atoms with van der Waals surface area (Å²) < 4.78 is 11.9. The minimum Gasteiger partial charge on any atom is -0.493 e. The lowest BCUT2D eigenvalue weighted by Gasteiger charge is -2.19. The van der Waals surface area contributed by atoms with Crippen LogP contribution in [-0.2, 0) is 11.3 Å². The lowest BCUT2D eigenvalue weighted by atomic mass is 9.94. The maximum atomic E-state index is 8.98. The van der Waals surface area contributed by atoms with Crippen molar-refractivity contribution in [1.29, 1.82) is 5.26 Å². The molecule has 0 saturated carbocycles. The molecule has 6 heteroatoms. The van der Waals surface area contributed by atoms with E-state index < -0.39 is 0 Å². The van der Waals surface area contributed by atoms with Gasteiger partial charge in [0, 0.05) is 43.4 Å². The summed E-state index contributed by atoms with van der Waals surface area (Å²) in [6, 6.07) is 9.47. The fourth-order valence-electron chi connectivity index (χ4n) is 3.83. The number of benzene rings is 1. The molecule has 130 valence electrons. The van der Waals surface area contributed by atoms with Crippen molar-refractivity contribution >= 4 is 0 Å². The minimum absolute atomic E-state index is 0.295. The van der Waals surface area contributed by atoms with Crippen molar-refractivity contribution in [2.45, 2.75) is 19.6 Å². The fourth-order valence-corrected chi connectivity index (χ4v) is 3.83. The molecule has 0 bridgehead atoms. The smallest absolute Gasteiger partial charge is 0.120 e. The SMILES string of the molecule is Cc1ncc(CN2C[C@@H]3[C@@H](COc4cccc(C#N)c4)CO[C@@H]3C2)[nH]1. The van der Waals surface area contributed by atoms with E-state index in [2.05, 4.69) is 20.9 Å². The monoisotopic (exact) mass is 338 g/mol. The van der Waals surface area contributed by atoms with Gasteiger partial charge in [-0.2, -0.15) is 5.26 Å². The number of nitriles is 1. The average Bonchev–Trinajstić information content (AvgIpc) is 3.30. The number of hydrogen-bond donors (Lipinski definition) is 1. The lowest BCUT2D eigenvalue weighted by Crippen LogP contribution is -2.26. The van der Waals surface area contributed by atoms with E-state index in [1.54, 1.807) is 12.1 Å². The lowest BCUT2D eigenvalue weighted by molar-refractivity contribution is 0.0895. The van der Waals surface area contributed by atoms with Gasteiger partial charge in [0.15, 0.2) is 0 Å². The molecule has 25 heavy (non-hydrogen) atoms. The van der Waals surface area contributed by atoms with Crippen LogP contribution in [0.1, 0.15) is 17.1 Å². The summed E-state index contributed by atoms with van der Waals surface area (Å²) in [6.07, 6.45) is 2.20. The van der Waals surface area contributed by atoms with Crippen LogP contribution < -0.4 is 4.74 Å². The Morgan fingerprint density at radius 3 is 3.16 bits per heavy atom. The van der Waals surface area contributed by atoms with E-state index >= 15 is 0 Å². The summed E-state index contributed by atoms with van der Waals surface area (Å²) in [7, 11) is 0. The van der Waals surface area contributed by atoms with Crippen LogP contribution in [0.15, 0.2) is 30.5 Å². The molecule has 0 unspecified atom stereocenters. The van der Waals surface area contributed by atoms with Gasteiger partial charge in [0.1, 0.15) is 11.6 Å². The van der Waals surface area contributed by atoms with Crippen LogP contribution >= 0.6 is 0 Å². The summed E-state index contributed by atoms with van der Waals surface area (Å²) in [5.74, 6) is 2.61. The predicted molar refractivity (Wildman–Crippen MR) is 92.0 cm³/mol. The number of H-pyrrole nitrogens is 1. The van der Waals surface area contributed by atoms with Crippen molar-refractivity contribution in [3.63, 3.8) is 0 Å².